The SMILES string of the molecule is COc1cccc(NC(=S)NNC(C)=O)c1. The predicted octanol–water partition coefficient (Wildman–Crippen LogP) is 1.03. The fourth-order valence-electron chi connectivity index (χ4n) is 1.01. The largest absolute Gasteiger partial charge is 0.497 e. The van der Waals surface area contributed by atoms with E-state index < -0.39 is 0 Å². The lowest BCUT2D eigenvalue weighted by Crippen LogP contribution is -2.42. The van der Waals surface area contributed by atoms with Crippen LogP contribution < -0.4 is 20.9 Å². The molecule has 0 unspecified atom stereocenters. The molecule has 1 aromatic rings. The minimum atomic E-state index is -0.213. The van der Waals surface area contributed by atoms with E-state index in [1.807, 2.05) is 18.2 Å². The molecule has 0 radical (unpaired) electrons. The van der Waals surface area contributed by atoms with E-state index in [9.17, 15) is 4.79 Å². The van der Waals surface area contributed by atoms with E-state index in [1.54, 1.807) is 13.2 Å². The van der Waals surface area contributed by atoms with Gasteiger partial charge in [-0.2, -0.15) is 0 Å². The topological polar surface area (TPSA) is 62.4 Å². The normalized spacial score (nSPS) is 9.12. The highest BCUT2D eigenvalue weighted by Crippen LogP contribution is 2.16. The number of carbonyl (C=O) groups is 1. The standard InChI is InChI=1S/C10H13N3O2S/c1-7(14)12-13-10(16)11-8-4-3-5-9(6-8)15-2/h3-6H,1-2H3,(H,12,14)(H2,11,13,16). The third kappa shape index (κ3) is 4.14. The van der Waals surface area contributed by atoms with Crippen molar-refractivity contribution >= 4 is 28.9 Å². The Balaban J connectivity index is 2.52. The van der Waals surface area contributed by atoms with Crippen molar-refractivity contribution in [3.05, 3.63) is 24.3 Å². The minimum Gasteiger partial charge on any atom is -0.497 e. The molecule has 6 heteroatoms. The van der Waals surface area contributed by atoms with Gasteiger partial charge < -0.3 is 10.1 Å². The number of benzene rings is 1. The molecule has 0 spiro atoms. The molecule has 86 valence electrons. The third-order valence-corrected chi connectivity index (χ3v) is 1.88. The minimum absolute atomic E-state index is 0.213. The van der Waals surface area contributed by atoms with Crippen molar-refractivity contribution in [2.75, 3.05) is 12.4 Å². The van der Waals surface area contributed by atoms with Gasteiger partial charge in [0.1, 0.15) is 5.75 Å². The molecule has 0 atom stereocenters. The van der Waals surface area contributed by atoms with Crippen LogP contribution >= 0.6 is 12.2 Å². The number of nitrogens with one attached hydrogen (secondary N) is 3. The van der Waals surface area contributed by atoms with Gasteiger partial charge in [-0.15, -0.1) is 0 Å². The molecule has 0 aliphatic heterocycles. The van der Waals surface area contributed by atoms with Crippen LogP contribution in [-0.4, -0.2) is 18.1 Å². The van der Waals surface area contributed by atoms with Crippen molar-refractivity contribution in [1.29, 1.82) is 0 Å². The molecule has 1 amide bonds. The Morgan fingerprint density at radius 1 is 1.38 bits per heavy atom. The third-order valence-electron chi connectivity index (χ3n) is 1.68. The molecular weight excluding hydrogens is 226 g/mol. The fraction of sp³-hybridized carbons (Fsp3) is 0.200. The zero-order chi connectivity index (χ0) is 12.0. The number of anilines is 1. The van der Waals surface area contributed by atoms with Crippen LogP contribution in [0.1, 0.15) is 6.92 Å². The highest BCUT2D eigenvalue weighted by atomic mass is 32.1. The first-order chi connectivity index (χ1) is 7.61. The Hall–Kier alpha value is -1.82. The second kappa shape index (κ2) is 5.92. The Labute approximate surface area is 99.1 Å². The van der Waals surface area contributed by atoms with Gasteiger partial charge in [0.2, 0.25) is 5.91 Å². The fourth-order valence-corrected chi connectivity index (χ4v) is 1.18. The number of thiocarbonyl (C=S) groups is 1. The second-order valence-corrected chi connectivity index (χ2v) is 3.40. The van der Waals surface area contributed by atoms with Crippen LogP contribution in [-0.2, 0) is 4.79 Å². The maximum absolute atomic E-state index is 10.6. The molecule has 0 saturated heterocycles. The Kier molecular flexibility index (Phi) is 4.53. The average molecular weight is 239 g/mol. The van der Waals surface area contributed by atoms with Crippen molar-refractivity contribution in [2.45, 2.75) is 6.92 Å². The summed E-state index contributed by atoms with van der Waals surface area (Å²) in [5, 5.41) is 3.21. The molecule has 16 heavy (non-hydrogen) atoms. The number of rotatable bonds is 2. The number of hydrogen-bond acceptors (Lipinski definition) is 3. The summed E-state index contributed by atoms with van der Waals surface area (Å²) in [6.07, 6.45) is 0. The molecule has 0 aromatic heterocycles. The summed E-state index contributed by atoms with van der Waals surface area (Å²) >= 11 is 4.96. The summed E-state index contributed by atoms with van der Waals surface area (Å²) in [6.45, 7) is 1.39. The average Bonchev–Trinajstić information content (AvgIpc) is 2.26. The van der Waals surface area contributed by atoms with Gasteiger partial charge in [-0.3, -0.25) is 15.6 Å². The number of amides is 1. The van der Waals surface area contributed by atoms with Gasteiger partial charge in [-0.05, 0) is 24.4 Å². The van der Waals surface area contributed by atoms with Crippen molar-refractivity contribution in [2.24, 2.45) is 0 Å². The smallest absolute Gasteiger partial charge is 0.235 e. The Bertz CT molecular complexity index is 395. The molecule has 0 fully saturated rings. The van der Waals surface area contributed by atoms with Crippen LogP contribution in [0.4, 0.5) is 5.69 Å². The number of methoxy groups -OCH3 is 1. The number of carbonyl (C=O) groups excluding carboxylic acids is 1. The van der Waals surface area contributed by atoms with Gasteiger partial charge >= 0.3 is 0 Å². The monoisotopic (exact) mass is 239 g/mol. The molecule has 0 saturated carbocycles. The Morgan fingerprint density at radius 2 is 2.12 bits per heavy atom. The van der Waals surface area contributed by atoms with E-state index in [-0.39, 0.29) is 5.91 Å². The maximum atomic E-state index is 10.6. The van der Waals surface area contributed by atoms with Gasteiger partial charge in [0, 0.05) is 18.7 Å². The van der Waals surface area contributed by atoms with Gasteiger partial charge in [0.25, 0.3) is 0 Å². The van der Waals surface area contributed by atoms with E-state index in [0.29, 0.717) is 5.11 Å². The van der Waals surface area contributed by atoms with Gasteiger partial charge in [0.15, 0.2) is 5.11 Å². The van der Waals surface area contributed by atoms with Crippen LogP contribution in [0.25, 0.3) is 0 Å². The molecule has 1 rings (SSSR count). The molecule has 0 aliphatic rings. The summed E-state index contributed by atoms with van der Waals surface area (Å²) in [5.74, 6) is 0.516. The molecule has 1 aromatic carbocycles. The van der Waals surface area contributed by atoms with Gasteiger partial charge in [-0.25, -0.2) is 0 Å². The molecule has 0 heterocycles. The molecule has 0 bridgehead atoms. The van der Waals surface area contributed by atoms with E-state index >= 15 is 0 Å². The number of ether oxygens (including phenoxy) is 1. The van der Waals surface area contributed by atoms with Gasteiger partial charge in [-0.1, -0.05) is 6.07 Å². The summed E-state index contributed by atoms with van der Waals surface area (Å²) in [4.78, 5) is 10.6. The first-order valence-corrected chi connectivity index (χ1v) is 5.00. The second-order valence-electron chi connectivity index (χ2n) is 2.99. The van der Waals surface area contributed by atoms with Crippen molar-refractivity contribution in [3.8, 4) is 5.75 Å². The lowest BCUT2D eigenvalue weighted by molar-refractivity contribution is -0.119. The van der Waals surface area contributed by atoms with E-state index in [1.165, 1.54) is 6.92 Å². The zero-order valence-corrected chi connectivity index (χ0v) is 9.85. The lowest BCUT2D eigenvalue weighted by atomic mass is 10.3. The van der Waals surface area contributed by atoms with Crippen molar-refractivity contribution < 1.29 is 9.53 Å². The van der Waals surface area contributed by atoms with Crippen molar-refractivity contribution in [3.63, 3.8) is 0 Å². The summed E-state index contributed by atoms with van der Waals surface area (Å²) < 4.78 is 5.06. The Morgan fingerprint density at radius 3 is 2.75 bits per heavy atom. The van der Waals surface area contributed by atoms with Crippen LogP contribution in [0.15, 0.2) is 24.3 Å². The molecule has 3 N–H and O–H groups in total. The highest BCUT2D eigenvalue weighted by Gasteiger charge is 1.99. The highest BCUT2D eigenvalue weighted by molar-refractivity contribution is 7.80. The summed E-state index contributed by atoms with van der Waals surface area (Å²) in [6, 6.07) is 7.30. The van der Waals surface area contributed by atoms with E-state index in [2.05, 4.69) is 16.2 Å². The number of hydrazine groups is 1. The number of hydrogen-bond donors (Lipinski definition) is 3. The summed E-state index contributed by atoms with van der Waals surface area (Å²) in [5.41, 5.74) is 5.70. The summed E-state index contributed by atoms with van der Waals surface area (Å²) in [7, 11) is 1.59. The van der Waals surface area contributed by atoms with Gasteiger partial charge in [0.05, 0.1) is 7.11 Å². The molecular formula is C10H13N3O2S. The van der Waals surface area contributed by atoms with Crippen LogP contribution in [0.2, 0.25) is 0 Å². The van der Waals surface area contributed by atoms with Crippen LogP contribution in [0.3, 0.4) is 0 Å². The van der Waals surface area contributed by atoms with E-state index in [0.717, 1.165) is 11.4 Å². The van der Waals surface area contributed by atoms with Crippen LogP contribution in [0, 0.1) is 0 Å². The van der Waals surface area contributed by atoms with Crippen LogP contribution in [0.5, 0.6) is 5.75 Å². The lowest BCUT2D eigenvalue weighted by Gasteiger charge is -2.10. The first-order valence-electron chi connectivity index (χ1n) is 4.59. The molecule has 0 aliphatic carbocycles. The zero-order valence-electron chi connectivity index (χ0n) is 9.03. The maximum Gasteiger partial charge on any atom is 0.235 e. The predicted molar refractivity (Wildman–Crippen MR) is 66.2 cm³/mol. The quantitative estimate of drug-likeness (QED) is 0.531. The van der Waals surface area contributed by atoms with E-state index in [4.69, 9.17) is 17.0 Å². The van der Waals surface area contributed by atoms with Crippen molar-refractivity contribution in [1.82, 2.24) is 10.9 Å². The first kappa shape index (κ1) is 12.3. The molecule has 5 nitrogen and oxygen atoms in total.